The van der Waals surface area contributed by atoms with Crippen molar-refractivity contribution >= 4 is 0 Å². The van der Waals surface area contributed by atoms with Gasteiger partial charge in [0.25, 0.3) is 0 Å². The van der Waals surface area contributed by atoms with Crippen LogP contribution < -0.4 is 5.32 Å². The van der Waals surface area contributed by atoms with Gasteiger partial charge in [-0.25, -0.2) is 0 Å². The van der Waals surface area contributed by atoms with Crippen LogP contribution in [0.3, 0.4) is 0 Å². The molecule has 20 heavy (non-hydrogen) atoms. The van der Waals surface area contributed by atoms with E-state index in [1.165, 1.54) is 5.56 Å². The van der Waals surface area contributed by atoms with Crippen molar-refractivity contribution in [3.8, 4) is 0 Å². The van der Waals surface area contributed by atoms with E-state index in [2.05, 4.69) is 35.6 Å². The van der Waals surface area contributed by atoms with Crippen LogP contribution in [0.5, 0.6) is 0 Å². The van der Waals surface area contributed by atoms with Crippen molar-refractivity contribution in [2.75, 3.05) is 13.2 Å². The van der Waals surface area contributed by atoms with Crippen LogP contribution in [0.15, 0.2) is 30.3 Å². The topological polar surface area (TPSA) is 30.5 Å². The molecule has 112 valence electrons. The highest BCUT2D eigenvalue weighted by atomic mass is 16.7. The summed E-state index contributed by atoms with van der Waals surface area (Å²) >= 11 is 0. The van der Waals surface area contributed by atoms with Gasteiger partial charge in [0, 0.05) is 38.6 Å². The van der Waals surface area contributed by atoms with Gasteiger partial charge < -0.3 is 14.8 Å². The molecule has 1 N–H and O–H groups in total. The molecule has 0 atom stereocenters. The van der Waals surface area contributed by atoms with E-state index < -0.39 is 0 Å². The molecule has 0 unspecified atom stereocenters. The molecule has 3 heteroatoms. The molecule has 0 amide bonds. The maximum atomic E-state index is 5.87. The van der Waals surface area contributed by atoms with Gasteiger partial charge in [-0.3, -0.25) is 0 Å². The van der Waals surface area contributed by atoms with Crippen molar-refractivity contribution in [2.45, 2.75) is 57.9 Å². The molecule has 0 radical (unpaired) electrons. The number of hydrogen-bond donors (Lipinski definition) is 1. The number of ether oxygens (including phenoxy) is 2. The molecule has 1 aliphatic rings. The molecule has 0 saturated heterocycles. The van der Waals surface area contributed by atoms with Crippen LogP contribution in [0, 0.1) is 0 Å². The summed E-state index contributed by atoms with van der Waals surface area (Å²) in [5.74, 6) is -0.325. The Morgan fingerprint density at radius 2 is 1.65 bits per heavy atom. The van der Waals surface area contributed by atoms with Crippen molar-refractivity contribution in [3.05, 3.63) is 35.9 Å². The summed E-state index contributed by atoms with van der Waals surface area (Å²) < 4.78 is 11.7. The fourth-order valence-electron chi connectivity index (χ4n) is 2.98. The average Bonchev–Trinajstić information content (AvgIpc) is 2.48. The molecular weight excluding hydrogens is 250 g/mol. The van der Waals surface area contributed by atoms with Crippen LogP contribution in [0.1, 0.15) is 45.1 Å². The molecule has 1 aromatic carbocycles. The quantitative estimate of drug-likeness (QED) is 0.774. The number of benzene rings is 1. The minimum absolute atomic E-state index is 0.325. The van der Waals surface area contributed by atoms with Gasteiger partial charge in [0.05, 0.1) is 0 Å². The summed E-state index contributed by atoms with van der Waals surface area (Å²) in [4.78, 5) is 0. The van der Waals surface area contributed by atoms with E-state index in [0.717, 1.165) is 45.4 Å². The minimum atomic E-state index is -0.325. The van der Waals surface area contributed by atoms with Gasteiger partial charge in [-0.05, 0) is 32.3 Å². The summed E-state index contributed by atoms with van der Waals surface area (Å²) in [7, 11) is 0. The Morgan fingerprint density at radius 1 is 1.05 bits per heavy atom. The van der Waals surface area contributed by atoms with Gasteiger partial charge in [-0.1, -0.05) is 30.3 Å². The van der Waals surface area contributed by atoms with Gasteiger partial charge in [0.2, 0.25) is 0 Å². The maximum absolute atomic E-state index is 5.87. The summed E-state index contributed by atoms with van der Waals surface area (Å²) in [6.07, 6.45) is 4.21. The average molecular weight is 277 g/mol. The van der Waals surface area contributed by atoms with Gasteiger partial charge in [0.1, 0.15) is 0 Å². The zero-order valence-corrected chi connectivity index (χ0v) is 12.7. The summed E-state index contributed by atoms with van der Waals surface area (Å²) in [6, 6.07) is 11.1. The smallest absolute Gasteiger partial charge is 0.168 e. The van der Waals surface area contributed by atoms with Crippen LogP contribution in [-0.2, 0) is 16.0 Å². The first-order valence-electron chi connectivity index (χ1n) is 7.83. The lowest BCUT2D eigenvalue weighted by Gasteiger charge is -2.39. The Hall–Kier alpha value is -0.900. The highest BCUT2D eigenvalue weighted by molar-refractivity contribution is 5.14. The molecule has 0 aliphatic heterocycles. The molecular formula is C17H27NO2. The Balaban J connectivity index is 1.78. The van der Waals surface area contributed by atoms with Crippen molar-refractivity contribution in [2.24, 2.45) is 0 Å². The largest absolute Gasteiger partial charge is 0.350 e. The second kappa shape index (κ2) is 7.77. The lowest BCUT2D eigenvalue weighted by Crippen LogP contribution is -2.44. The van der Waals surface area contributed by atoms with Gasteiger partial charge in [-0.2, -0.15) is 0 Å². The molecule has 1 saturated carbocycles. The molecule has 0 bridgehead atoms. The Labute approximate surface area is 122 Å². The molecule has 1 aromatic rings. The van der Waals surface area contributed by atoms with Gasteiger partial charge in [0.15, 0.2) is 5.79 Å². The van der Waals surface area contributed by atoms with Crippen molar-refractivity contribution in [1.82, 2.24) is 5.32 Å². The van der Waals surface area contributed by atoms with Crippen LogP contribution in [0.2, 0.25) is 0 Å². The summed E-state index contributed by atoms with van der Waals surface area (Å²) in [5.41, 5.74) is 1.35. The SMILES string of the molecule is CCOC1(OCC)CCC(NCc2ccccc2)CC1. The number of hydrogen-bond acceptors (Lipinski definition) is 3. The Morgan fingerprint density at radius 3 is 2.20 bits per heavy atom. The third-order valence-corrected chi connectivity index (χ3v) is 4.00. The first kappa shape index (κ1) is 15.5. The molecule has 1 aliphatic carbocycles. The van der Waals surface area contributed by atoms with E-state index in [1.807, 2.05) is 13.8 Å². The van der Waals surface area contributed by atoms with Crippen molar-refractivity contribution in [3.63, 3.8) is 0 Å². The molecule has 3 nitrogen and oxygen atoms in total. The summed E-state index contributed by atoms with van der Waals surface area (Å²) in [6.45, 7) is 6.48. The van der Waals surface area contributed by atoms with E-state index in [0.29, 0.717) is 6.04 Å². The van der Waals surface area contributed by atoms with Crippen LogP contribution >= 0.6 is 0 Å². The highest BCUT2D eigenvalue weighted by Gasteiger charge is 2.36. The third kappa shape index (κ3) is 4.30. The summed E-state index contributed by atoms with van der Waals surface area (Å²) in [5, 5.41) is 3.65. The fourth-order valence-corrected chi connectivity index (χ4v) is 2.98. The zero-order valence-electron chi connectivity index (χ0n) is 12.7. The van der Waals surface area contributed by atoms with Crippen LogP contribution in [0.25, 0.3) is 0 Å². The minimum Gasteiger partial charge on any atom is -0.350 e. The second-order valence-corrected chi connectivity index (χ2v) is 5.42. The molecule has 0 aromatic heterocycles. The molecule has 0 spiro atoms. The van der Waals surface area contributed by atoms with Gasteiger partial charge >= 0.3 is 0 Å². The predicted molar refractivity (Wildman–Crippen MR) is 81.5 cm³/mol. The van der Waals surface area contributed by atoms with E-state index in [-0.39, 0.29) is 5.79 Å². The van der Waals surface area contributed by atoms with Crippen molar-refractivity contribution < 1.29 is 9.47 Å². The first-order chi connectivity index (χ1) is 9.78. The van der Waals surface area contributed by atoms with E-state index in [9.17, 15) is 0 Å². The monoisotopic (exact) mass is 277 g/mol. The van der Waals surface area contributed by atoms with E-state index >= 15 is 0 Å². The number of rotatable bonds is 7. The lowest BCUT2D eigenvalue weighted by molar-refractivity contribution is -0.250. The van der Waals surface area contributed by atoms with Gasteiger partial charge in [-0.15, -0.1) is 0 Å². The molecule has 2 rings (SSSR count). The second-order valence-electron chi connectivity index (χ2n) is 5.42. The first-order valence-corrected chi connectivity index (χ1v) is 7.83. The predicted octanol–water partition coefficient (Wildman–Crippen LogP) is 3.49. The van der Waals surface area contributed by atoms with Crippen LogP contribution in [-0.4, -0.2) is 25.0 Å². The van der Waals surface area contributed by atoms with E-state index in [1.54, 1.807) is 0 Å². The third-order valence-electron chi connectivity index (χ3n) is 4.00. The van der Waals surface area contributed by atoms with Crippen LogP contribution in [0.4, 0.5) is 0 Å². The Bertz CT molecular complexity index is 364. The van der Waals surface area contributed by atoms with Crippen molar-refractivity contribution in [1.29, 1.82) is 0 Å². The molecule has 0 heterocycles. The molecule has 1 fully saturated rings. The maximum Gasteiger partial charge on any atom is 0.168 e. The lowest BCUT2D eigenvalue weighted by atomic mass is 9.89. The normalized spacial score (nSPS) is 19.1. The highest BCUT2D eigenvalue weighted by Crippen LogP contribution is 2.33. The number of nitrogens with one attached hydrogen (secondary N) is 1. The zero-order chi connectivity index (χ0) is 14.3. The Kier molecular flexibility index (Phi) is 6.02. The van der Waals surface area contributed by atoms with E-state index in [4.69, 9.17) is 9.47 Å². The fraction of sp³-hybridized carbons (Fsp3) is 0.647. The standard InChI is InChI=1S/C17H27NO2/c1-3-19-17(20-4-2)12-10-16(11-13-17)18-14-15-8-6-5-7-9-15/h5-9,16,18H,3-4,10-14H2,1-2H3.